The van der Waals surface area contributed by atoms with Crippen LogP contribution in [0.2, 0.25) is 0 Å². The predicted molar refractivity (Wildman–Crippen MR) is 30.0 cm³/mol. The van der Waals surface area contributed by atoms with Gasteiger partial charge in [0.15, 0.2) is 0 Å². The molecule has 0 unspecified atom stereocenters. The first-order valence-corrected chi connectivity index (χ1v) is 2.35. The summed E-state index contributed by atoms with van der Waals surface area (Å²) >= 11 is 0. The Bertz CT molecular complexity index is 62.2. The fourth-order valence-corrected chi connectivity index (χ4v) is 0. The van der Waals surface area contributed by atoms with E-state index < -0.39 is 7.82 Å². The van der Waals surface area contributed by atoms with E-state index in [-0.39, 0.29) is 84.4 Å². The summed E-state index contributed by atoms with van der Waals surface area (Å²) in [5.41, 5.74) is 0. The zero-order valence-corrected chi connectivity index (χ0v) is 4.55. The fourth-order valence-electron chi connectivity index (χ4n) is 0. The van der Waals surface area contributed by atoms with Gasteiger partial charge >= 0.3 is 75.1 Å². The maximum atomic E-state index is 8.88. The molecule has 0 aromatic heterocycles. The zero-order chi connectivity index (χ0) is 4.50. The summed E-state index contributed by atoms with van der Waals surface area (Å²) in [6, 6.07) is 0. The van der Waals surface area contributed by atoms with Crippen LogP contribution >= 0.6 is 7.82 Å². The first kappa shape index (κ1) is 22.4. The van der Waals surface area contributed by atoms with Crippen molar-refractivity contribution < 1.29 is 36.3 Å². The molecule has 0 aliphatic rings. The molecule has 0 aliphatic carbocycles. The zero-order valence-electron chi connectivity index (χ0n) is 2.55. The van der Waals surface area contributed by atoms with E-state index in [9.17, 15) is 0 Å². The van der Waals surface area contributed by atoms with Crippen molar-refractivity contribution in [2.75, 3.05) is 0 Å². The Hall–Kier alpha value is 2.89. The molecule has 4 nitrogen and oxygen atoms in total. The van der Waals surface area contributed by atoms with Crippen molar-refractivity contribution in [3.8, 4) is 0 Å². The van der Waals surface area contributed by atoms with Crippen LogP contribution in [0.1, 0.15) is 0 Å². The van der Waals surface area contributed by atoms with Crippen LogP contribution in [-0.2, 0) is 21.6 Å². The van der Waals surface area contributed by atoms with E-state index in [4.69, 9.17) is 19.2 Å². The number of hydrogen-bond acceptors (Lipinski definition) is 1. The minimum absolute atomic E-state index is 0. The molecule has 8 heteroatoms. The fraction of sp³-hybridized carbons (Fsp3) is 0. The molecule has 0 atom stereocenters. The van der Waals surface area contributed by atoms with E-state index in [2.05, 4.69) is 0 Å². The Morgan fingerprint density at radius 2 is 1.12 bits per heavy atom. The number of rotatable bonds is 0. The summed E-state index contributed by atoms with van der Waals surface area (Å²) in [5.74, 6) is 0. The quantitative estimate of drug-likeness (QED) is 0.311. The maximum absolute atomic E-state index is 8.88. The second kappa shape index (κ2) is 9.89. The monoisotopic (exact) mass is 220 g/mol. The molecule has 0 amide bonds. The van der Waals surface area contributed by atoms with Crippen molar-refractivity contribution in [3.05, 3.63) is 0 Å². The van der Waals surface area contributed by atoms with E-state index >= 15 is 0 Å². The average Bonchev–Trinajstić information content (AvgIpc) is 0.722. The van der Waals surface area contributed by atoms with Crippen LogP contribution in [0.4, 0.5) is 0 Å². The van der Waals surface area contributed by atoms with Gasteiger partial charge in [-0.2, -0.15) is 0 Å². The van der Waals surface area contributed by atoms with Gasteiger partial charge in [-0.3, -0.25) is 0 Å². The molecule has 0 aromatic rings. The Morgan fingerprint density at radius 1 is 1.12 bits per heavy atom. The Balaban J connectivity index is -0.0000000267. The van der Waals surface area contributed by atoms with Crippen molar-refractivity contribution in [2.45, 2.75) is 0 Å². The second-order valence-corrected chi connectivity index (χ2v) is 1.54. The van der Waals surface area contributed by atoms with Crippen LogP contribution < -0.4 is 0 Å². The molecule has 0 radical (unpaired) electrons. The normalized spacial score (nSPS) is 7.38. The van der Waals surface area contributed by atoms with E-state index in [1.165, 1.54) is 0 Å². The molecule has 0 heterocycles. The van der Waals surface area contributed by atoms with Crippen molar-refractivity contribution in [1.29, 1.82) is 0 Å². The molecule has 3 N–H and O–H groups in total. The van der Waals surface area contributed by atoms with E-state index in [1.807, 2.05) is 0 Å². The van der Waals surface area contributed by atoms with Crippen molar-refractivity contribution >= 4 is 75.1 Å². The third kappa shape index (κ3) is 66.3. The van der Waals surface area contributed by atoms with Crippen LogP contribution in [0.3, 0.4) is 0 Å². The molecular weight excluding hydrogens is 214 g/mol. The topological polar surface area (TPSA) is 77.8 Å². The summed E-state index contributed by atoms with van der Waals surface area (Å²) in [6.45, 7) is 0. The van der Waals surface area contributed by atoms with Crippen LogP contribution in [0, 0.1) is 0 Å². The van der Waals surface area contributed by atoms with Gasteiger partial charge in [0.25, 0.3) is 0 Å². The van der Waals surface area contributed by atoms with Gasteiger partial charge in [0.1, 0.15) is 0 Å². The van der Waals surface area contributed by atoms with E-state index in [0.717, 1.165) is 0 Å². The standard InChI is InChI=1S/Ca.Fe.Na.H3O4P.3H/c;;;1-5(2,3)4;;;/h;;;(H3,1,2,3,4);;;. The molecule has 0 fully saturated rings. The van der Waals surface area contributed by atoms with Gasteiger partial charge in [0.05, 0.1) is 0 Å². The summed E-state index contributed by atoms with van der Waals surface area (Å²) < 4.78 is 8.88. The van der Waals surface area contributed by atoms with Crippen LogP contribution in [-0.4, -0.2) is 82.0 Å². The molecular formula is H6CaFeNaO4P. The minimum atomic E-state index is -4.64. The first-order chi connectivity index (χ1) is 2.00. The molecule has 46 valence electrons. The number of hydrogen-bond donors (Lipinski definition) is 3. The second-order valence-electron chi connectivity index (χ2n) is 0.513. The molecule has 0 spiro atoms. The van der Waals surface area contributed by atoms with Crippen LogP contribution in [0.15, 0.2) is 0 Å². The molecule has 0 saturated carbocycles. The van der Waals surface area contributed by atoms with Gasteiger partial charge in [-0.1, -0.05) is 0 Å². The van der Waals surface area contributed by atoms with Crippen molar-refractivity contribution in [1.82, 2.24) is 0 Å². The average molecular weight is 220 g/mol. The van der Waals surface area contributed by atoms with Gasteiger partial charge in [0, 0.05) is 17.1 Å². The molecule has 0 aliphatic heterocycles. The van der Waals surface area contributed by atoms with Gasteiger partial charge in [-0.15, -0.1) is 0 Å². The molecule has 0 bridgehead atoms. The third-order valence-corrected chi connectivity index (χ3v) is 0. The SMILES string of the molecule is O=P(O)(O)O.[CaH2].[Fe].[NaH]. The van der Waals surface area contributed by atoms with Crippen LogP contribution in [0.25, 0.3) is 0 Å². The van der Waals surface area contributed by atoms with E-state index in [1.54, 1.807) is 0 Å². The van der Waals surface area contributed by atoms with Crippen LogP contribution in [0.5, 0.6) is 0 Å². The Labute approximate surface area is 109 Å². The summed E-state index contributed by atoms with van der Waals surface area (Å²) in [6.07, 6.45) is 0. The summed E-state index contributed by atoms with van der Waals surface area (Å²) in [7, 11) is -4.64. The molecule has 0 saturated heterocycles. The van der Waals surface area contributed by atoms with Gasteiger partial charge in [-0.05, 0) is 0 Å². The molecule has 0 rings (SSSR count). The van der Waals surface area contributed by atoms with E-state index in [0.29, 0.717) is 0 Å². The Kier molecular flexibility index (Phi) is 27.7. The van der Waals surface area contributed by atoms with Crippen molar-refractivity contribution in [3.63, 3.8) is 0 Å². The molecule has 0 aromatic carbocycles. The predicted octanol–water partition coefficient (Wildman–Crippen LogP) is -2.50. The summed E-state index contributed by atoms with van der Waals surface area (Å²) in [5, 5.41) is 0. The Morgan fingerprint density at radius 3 is 1.12 bits per heavy atom. The first-order valence-electron chi connectivity index (χ1n) is 0.783. The number of phosphoric acid groups is 1. The summed E-state index contributed by atoms with van der Waals surface area (Å²) in [4.78, 5) is 21.6. The molecule has 8 heavy (non-hydrogen) atoms. The van der Waals surface area contributed by atoms with Crippen molar-refractivity contribution in [2.24, 2.45) is 0 Å². The van der Waals surface area contributed by atoms with Gasteiger partial charge in [0.2, 0.25) is 0 Å². The van der Waals surface area contributed by atoms with Gasteiger partial charge < -0.3 is 14.7 Å². The third-order valence-electron chi connectivity index (χ3n) is 0. The van der Waals surface area contributed by atoms with Gasteiger partial charge in [-0.25, -0.2) is 4.57 Å².